The monoisotopic (exact) mass is 569 g/mol. The van der Waals surface area contributed by atoms with Crippen molar-refractivity contribution in [2.75, 3.05) is 20.3 Å². The molecule has 1 amide bonds. The van der Waals surface area contributed by atoms with Crippen molar-refractivity contribution in [3.8, 4) is 11.9 Å². The van der Waals surface area contributed by atoms with Crippen LogP contribution in [-0.4, -0.2) is 55.2 Å². The van der Waals surface area contributed by atoms with Gasteiger partial charge in [-0.05, 0) is 87.4 Å². The second-order valence-corrected chi connectivity index (χ2v) is 10.9. The molecule has 3 atom stereocenters. The van der Waals surface area contributed by atoms with Gasteiger partial charge >= 0.3 is 0 Å². The number of amidine groups is 1. The fourth-order valence-corrected chi connectivity index (χ4v) is 6.27. The first-order chi connectivity index (χ1) is 19.2. The van der Waals surface area contributed by atoms with E-state index in [1.54, 1.807) is 6.19 Å². The van der Waals surface area contributed by atoms with Gasteiger partial charge in [-0.15, -0.1) is 0 Å². The van der Waals surface area contributed by atoms with Gasteiger partial charge in [-0.3, -0.25) is 9.69 Å². The van der Waals surface area contributed by atoms with E-state index >= 15 is 0 Å². The summed E-state index contributed by atoms with van der Waals surface area (Å²) in [6.07, 6.45) is 6.48. The second kappa shape index (κ2) is 13.3. The van der Waals surface area contributed by atoms with Crippen LogP contribution in [0.3, 0.4) is 0 Å². The molecule has 2 aromatic rings. The quantitative estimate of drug-likeness (QED) is 0.137. The molecular weight excluding hydrogens is 533 g/mol. The molecule has 4 rings (SSSR count). The van der Waals surface area contributed by atoms with E-state index in [1.807, 2.05) is 0 Å². The number of carbonyl (C=O) groups excluding carboxylic acids is 1. The highest BCUT2D eigenvalue weighted by Crippen LogP contribution is 2.43. The summed E-state index contributed by atoms with van der Waals surface area (Å²) >= 11 is 5.88. The summed E-state index contributed by atoms with van der Waals surface area (Å²) in [7, 11) is 1.46. The standard InChI is InChI=1S/C30H37ClFN5O3/c1-18-19(2)28(40-13-5-12-34-30(39-4)35-17-33)11-9-25(18)20(3)37-23-7-8-24(37)16-22(15-23)36-29(38)21-6-10-27(32)26(31)14-21/h6,9-11,14,20,22-24H,5,7-8,12-13,15-16H2,1-4H3,(H,34,35)(H,36,38). The Morgan fingerprint density at radius 2 is 1.95 bits per heavy atom. The first-order valence-electron chi connectivity index (χ1n) is 13.7. The van der Waals surface area contributed by atoms with Crippen LogP contribution >= 0.6 is 11.6 Å². The summed E-state index contributed by atoms with van der Waals surface area (Å²) in [6.45, 7) is 7.52. The molecule has 214 valence electrons. The van der Waals surface area contributed by atoms with Gasteiger partial charge in [0, 0.05) is 42.7 Å². The lowest BCUT2D eigenvalue weighted by Crippen LogP contribution is -2.51. The summed E-state index contributed by atoms with van der Waals surface area (Å²) in [5.74, 6) is 0.130. The number of piperidine rings is 1. The number of fused-ring (bicyclic) bond motifs is 2. The van der Waals surface area contributed by atoms with E-state index in [2.05, 4.69) is 53.4 Å². The van der Waals surface area contributed by atoms with E-state index in [-0.39, 0.29) is 29.0 Å². The molecule has 2 heterocycles. The third kappa shape index (κ3) is 6.68. The molecule has 10 heteroatoms. The number of amides is 1. The van der Waals surface area contributed by atoms with Gasteiger partial charge in [0.15, 0.2) is 6.19 Å². The normalized spacial score (nSPS) is 21.4. The van der Waals surface area contributed by atoms with E-state index in [4.69, 9.17) is 26.3 Å². The van der Waals surface area contributed by atoms with Gasteiger partial charge in [0.1, 0.15) is 11.6 Å². The molecule has 0 aliphatic carbocycles. The highest BCUT2D eigenvalue weighted by Gasteiger charge is 2.43. The van der Waals surface area contributed by atoms with Crippen LogP contribution in [0.2, 0.25) is 5.02 Å². The molecule has 8 nitrogen and oxygen atoms in total. The number of hydrogen-bond acceptors (Lipinski definition) is 6. The molecule has 2 saturated heterocycles. The minimum atomic E-state index is -0.527. The summed E-state index contributed by atoms with van der Waals surface area (Å²) in [5.41, 5.74) is 4.03. The maximum absolute atomic E-state index is 13.5. The SMILES string of the molecule is COC(=NCCCOc1ccc(C(C)N2C3CCC2CC(NC(=O)c2ccc(F)c(Cl)c2)C3)c(C)c1C)NC#N. The van der Waals surface area contributed by atoms with Crippen molar-refractivity contribution in [1.82, 2.24) is 15.5 Å². The van der Waals surface area contributed by atoms with Gasteiger partial charge in [0.25, 0.3) is 11.9 Å². The van der Waals surface area contributed by atoms with Crippen molar-refractivity contribution in [3.63, 3.8) is 0 Å². The number of methoxy groups -OCH3 is 1. The molecule has 0 aromatic heterocycles. The van der Waals surface area contributed by atoms with Gasteiger partial charge in [0.05, 0.1) is 18.7 Å². The maximum atomic E-state index is 13.5. The Kier molecular flexibility index (Phi) is 9.88. The first kappa shape index (κ1) is 29.6. The Morgan fingerprint density at radius 1 is 1.23 bits per heavy atom. The minimum Gasteiger partial charge on any atom is -0.493 e. The lowest BCUT2D eigenvalue weighted by molar-refractivity contribution is 0.0689. The van der Waals surface area contributed by atoms with E-state index in [0.29, 0.717) is 37.2 Å². The smallest absolute Gasteiger partial charge is 0.297 e. The van der Waals surface area contributed by atoms with Crippen LogP contribution in [0.1, 0.15) is 72.1 Å². The third-order valence-electron chi connectivity index (χ3n) is 8.15. The first-order valence-corrected chi connectivity index (χ1v) is 14.1. The number of rotatable bonds is 9. The molecule has 0 spiro atoms. The summed E-state index contributed by atoms with van der Waals surface area (Å²) < 4.78 is 24.5. The van der Waals surface area contributed by atoms with Crippen molar-refractivity contribution in [3.05, 3.63) is 63.4 Å². The Morgan fingerprint density at radius 3 is 2.60 bits per heavy atom. The summed E-state index contributed by atoms with van der Waals surface area (Å²) in [4.78, 5) is 19.6. The second-order valence-electron chi connectivity index (χ2n) is 10.5. The molecule has 2 bridgehead atoms. The number of nitriles is 1. The van der Waals surface area contributed by atoms with E-state index in [1.165, 1.54) is 36.4 Å². The Balaban J connectivity index is 1.35. The predicted molar refractivity (Wildman–Crippen MR) is 153 cm³/mol. The summed E-state index contributed by atoms with van der Waals surface area (Å²) in [5, 5.41) is 14.2. The molecule has 2 N–H and O–H groups in total. The molecule has 3 unspecified atom stereocenters. The average Bonchev–Trinajstić information content (AvgIpc) is 3.21. The lowest BCUT2D eigenvalue weighted by atomic mass is 9.91. The largest absolute Gasteiger partial charge is 0.493 e. The van der Waals surface area contributed by atoms with Crippen LogP contribution in [0.15, 0.2) is 35.3 Å². The average molecular weight is 570 g/mol. The van der Waals surface area contributed by atoms with Gasteiger partial charge < -0.3 is 14.8 Å². The highest BCUT2D eigenvalue weighted by atomic mass is 35.5. The fraction of sp³-hybridized carbons (Fsp3) is 0.500. The molecule has 2 fully saturated rings. The number of carbonyl (C=O) groups is 1. The van der Waals surface area contributed by atoms with Crippen LogP contribution in [0.5, 0.6) is 5.75 Å². The van der Waals surface area contributed by atoms with Crippen molar-refractivity contribution in [2.45, 2.75) is 77.0 Å². The number of nitrogens with one attached hydrogen (secondary N) is 2. The number of benzene rings is 2. The number of nitrogens with zero attached hydrogens (tertiary/aromatic N) is 3. The van der Waals surface area contributed by atoms with Crippen LogP contribution in [0.4, 0.5) is 4.39 Å². The zero-order chi connectivity index (χ0) is 28.8. The predicted octanol–water partition coefficient (Wildman–Crippen LogP) is 5.42. The highest BCUT2D eigenvalue weighted by molar-refractivity contribution is 6.31. The lowest BCUT2D eigenvalue weighted by Gasteiger charge is -2.43. The Hall–Kier alpha value is -3.35. The van der Waals surface area contributed by atoms with Crippen LogP contribution in [-0.2, 0) is 4.74 Å². The minimum absolute atomic E-state index is 0.0437. The van der Waals surface area contributed by atoms with Crippen molar-refractivity contribution >= 4 is 23.5 Å². The van der Waals surface area contributed by atoms with Crippen molar-refractivity contribution in [2.24, 2.45) is 4.99 Å². The van der Waals surface area contributed by atoms with E-state index in [9.17, 15) is 9.18 Å². The maximum Gasteiger partial charge on any atom is 0.297 e. The van der Waals surface area contributed by atoms with Crippen molar-refractivity contribution in [1.29, 1.82) is 5.26 Å². The zero-order valence-electron chi connectivity index (χ0n) is 23.5. The van der Waals surface area contributed by atoms with Crippen molar-refractivity contribution < 1.29 is 18.7 Å². The van der Waals surface area contributed by atoms with Crippen LogP contribution in [0, 0.1) is 31.1 Å². The fourth-order valence-electron chi connectivity index (χ4n) is 6.09. The molecule has 2 aromatic carbocycles. The zero-order valence-corrected chi connectivity index (χ0v) is 24.2. The number of halogens is 2. The molecular formula is C30H37ClFN5O3. The molecule has 2 aliphatic rings. The number of hydrogen-bond donors (Lipinski definition) is 2. The molecule has 0 radical (unpaired) electrons. The van der Waals surface area contributed by atoms with Crippen LogP contribution in [0.25, 0.3) is 0 Å². The number of aliphatic imine (C=N–C) groups is 1. The van der Waals surface area contributed by atoms with E-state index < -0.39 is 5.82 Å². The van der Waals surface area contributed by atoms with Crippen LogP contribution < -0.4 is 15.4 Å². The summed E-state index contributed by atoms with van der Waals surface area (Å²) in [6, 6.07) is 9.61. The molecule has 40 heavy (non-hydrogen) atoms. The van der Waals surface area contributed by atoms with Gasteiger partial charge in [-0.25, -0.2) is 14.7 Å². The van der Waals surface area contributed by atoms with E-state index in [0.717, 1.165) is 37.0 Å². The van der Waals surface area contributed by atoms with Gasteiger partial charge in [-0.1, -0.05) is 17.7 Å². The topological polar surface area (TPSA) is 99.0 Å². The third-order valence-corrected chi connectivity index (χ3v) is 8.44. The Labute approximate surface area is 240 Å². The molecule has 0 saturated carbocycles. The Bertz CT molecular complexity index is 1280. The van der Waals surface area contributed by atoms with Gasteiger partial charge in [0.2, 0.25) is 0 Å². The van der Waals surface area contributed by atoms with Gasteiger partial charge in [-0.2, -0.15) is 5.26 Å². The number of ether oxygens (including phenoxy) is 2. The molecule has 2 aliphatic heterocycles.